The summed E-state index contributed by atoms with van der Waals surface area (Å²) in [4.78, 5) is 9.43. The zero-order valence-corrected chi connectivity index (χ0v) is 15.2. The molecule has 4 heterocycles. The molecule has 0 amide bonds. The van der Waals surface area contributed by atoms with Gasteiger partial charge in [-0.05, 0) is 53.8 Å². The normalized spacial score (nSPS) is 26.2. The van der Waals surface area contributed by atoms with Crippen LogP contribution in [0.4, 0.5) is 5.69 Å². The van der Waals surface area contributed by atoms with Gasteiger partial charge in [0.15, 0.2) is 0 Å². The van der Waals surface area contributed by atoms with Gasteiger partial charge in [0.1, 0.15) is 6.10 Å². The van der Waals surface area contributed by atoms with Gasteiger partial charge in [-0.15, -0.1) is 0 Å². The van der Waals surface area contributed by atoms with Crippen LogP contribution in [0.25, 0.3) is 0 Å². The number of benzene rings is 1. The van der Waals surface area contributed by atoms with E-state index < -0.39 is 6.10 Å². The summed E-state index contributed by atoms with van der Waals surface area (Å²) in [6, 6.07) is 10.4. The molecule has 1 aromatic heterocycles. The summed E-state index contributed by atoms with van der Waals surface area (Å²) in [6.07, 6.45) is 1.23. The summed E-state index contributed by atoms with van der Waals surface area (Å²) in [5.41, 5.74) is 5.38. The van der Waals surface area contributed by atoms with E-state index in [9.17, 15) is 5.11 Å². The Bertz CT molecular complexity index is 809. The Morgan fingerprint density at radius 2 is 1.85 bits per heavy atom. The molecule has 2 N–H and O–H groups in total. The minimum atomic E-state index is -0.672. The fourth-order valence-electron chi connectivity index (χ4n) is 4.85. The third kappa shape index (κ3) is 2.80. The summed E-state index contributed by atoms with van der Waals surface area (Å²) in [6.45, 7) is 6.39. The Morgan fingerprint density at radius 3 is 2.65 bits per heavy atom. The molecule has 0 spiro atoms. The van der Waals surface area contributed by atoms with Gasteiger partial charge in [0.2, 0.25) is 0 Å². The number of anilines is 1. The molecule has 3 aliphatic rings. The lowest BCUT2D eigenvalue weighted by atomic mass is 10.0. The Hall–Kier alpha value is -1.95. The fraction of sp³-hybridized carbons (Fsp3) is 0.476. The van der Waals surface area contributed by atoms with Crippen molar-refractivity contribution < 1.29 is 5.11 Å². The van der Waals surface area contributed by atoms with Crippen LogP contribution < -0.4 is 10.2 Å². The molecular weight excluding hydrogens is 324 g/mol. The highest BCUT2D eigenvalue weighted by molar-refractivity contribution is 5.51. The molecule has 0 radical (unpaired) electrons. The second kappa shape index (κ2) is 6.34. The molecule has 0 saturated carbocycles. The van der Waals surface area contributed by atoms with Crippen molar-refractivity contribution in [3.05, 3.63) is 58.9 Å². The number of fused-ring (bicyclic) bond motifs is 2. The van der Waals surface area contributed by atoms with E-state index in [1.54, 1.807) is 0 Å². The lowest BCUT2D eigenvalue weighted by Crippen LogP contribution is -2.26. The van der Waals surface area contributed by atoms with E-state index in [0.29, 0.717) is 0 Å². The first-order valence-corrected chi connectivity index (χ1v) is 9.57. The number of hydrogen-bond donors (Lipinski definition) is 2. The number of aromatic nitrogens is 1. The first kappa shape index (κ1) is 16.2. The second-order valence-corrected chi connectivity index (χ2v) is 8.13. The molecule has 0 aliphatic carbocycles. The van der Waals surface area contributed by atoms with Crippen LogP contribution in [0, 0.1) is 11.8 Å². The third-order valence-electron chi connectivity index (χ3n) is 6.24. The van der Waals surface area contributed by atoms with Crippen LogP contribution in [-0.4, -0.2) is 48.2 Å². The highest BCUT2D eigenvalue weighted by Gasteiger charge is 2.38. The van der Waals surface area contributed by atoms with Crippen LogP contribution in [0.5, 0.6) is 0 Å². The summed E-state index contributed by atoms with van der Waals surface area (Å²) < 4.78 is 0. The molecular formula is C21H26N4O. The maximum absolute atomic E-state index is 10.9. The summed E-state index contributed by atoms with van der Waals surface area (Å²) in [5.74, 6) is 1.55. The van der Waals surface area contributed by atoms with Gasteiger partial charge in [0.05, 0.1) is 5.69 Å². The minimum Gasteiger partial charge on any atom is -0.382 e. The molecule has 2 saturated heterocycles. The quantitative estimate of drug-likeness (QED) is 0.884. The average molecular weight is 350 g/mol. The lowest BCUT2D eigenvalue weighted by molar-refractivity contribution is 0.215. The van der Waals surface area contributed by atoms with E-state index in [4.69, 9.17) is 0 Å². The van der Waals surface area contributed by atoms with Crippen LogP contribution in [0.2, 0.25) is 0 Å². The van der Waals surface area contributed by atoms with E-state index in [0.717, 1.165) is 49.3 Å². The zero-order valence-electron chi connectivity index (χ0n) is 15.2. The summed E-state index contributed by atoms with van der Waals surface area (Å²) >= 11 is 0. The summed E-state index contributed by atoms with van der Waals surface area (Å²) in [7, 11) is 2.22. The third-order valence-corrected chi connectivity index (χ3v) is 6.24. The Kier molecular flexibility index (Phi) is 3.96. The molecule has 2 aromatic rings. The monoisotopic (exact) mass is 350 g/mol. The van der Waals surface area contributed by atoms with Gasteiger partial charge in [-0.2, -0.15) is 0 Å². The van der Waals surface area contributed by atoms with E-state index in [-0.39, 0.29) is 0 Å². The van der Waals surface area contributed by atoms with Crippen molar-refractivity contribution in [1.29, 1.82) is 0 Å². The van der Waals surface area contributed by atoms with Gasteiger partial charge in [-0.25, -0.2) is 0 Å². The van der Waals surface area contributed by atoms with Crippen LogP contribution in [0.1, 0.15) is 28.5 Å². The number of rotatable bonds is 3. The van der Waals surface area contributed by atoms with E-state index in [2.05, 4.69) is 45.3 Å². The predicted molar refractivity (Wildman–Crippen MR) is 102 cm³/mol. The van der Waals surface area contributed by atoms with E-state index >= 15 is 0 Å². The molecule has 136 valence electrons. The molecule has 3 aliphatic heterocycles. The van der Waals surface area contributed by atoms with Crippen molar-refractivity contribution in [2.45, 2.75) is 19.2 Å². The molecule has 2 fully saturated rings. The Labute approximate surface area is 154 Å². The highest BCUT2D eigenvalue weighted by Crippen LogP contribution is 2.34. The highest BCUT2D eigenvalue weighted by atomic mass is 16.3. The SMILES string of the molecule is CN1C[C@@H]2CN(c3cccc(C(O)c4cc5c(cn4)CNC5)c3)C[C@@H]2C1. The van der Waals surface area contributed by atoms with E-state index in [1.165, 1.54) is 29.9 Å². The molecule has 5 nitrogen and oxygen atoms in total. The molecule has 5 heteroatoms. The van der Waals surface area contributed by atoms with Crippen molar-refractivity contribution in [3.63, 3.8) is 0 Å². The number of likely N-dealkylation sites (tertiary alicyclic amines) is 1. The zero-order chi connectivity index (χ0) is 17.7. The van der Waals surface area contributed by atoms with Crippen LogP contribution in [-0.2, 0) is 13.1 Å². The summed E-state index contributed by atoms with van der Waals surface area (Å²) in [5, 5.41) is 14.2. The van der Waals surface area contributed by atoms with E-state index in [1.807, 2.05) is 18.3 Å². The topological polar surface area (TPSA) is 51.6 Å². The van der Waals surface area contributed by atoms with Crippen molar-refractivity contribution in [1.82, 2.24) is 15.2 Å². The maximum Gasteiger partial charge on any atom is 0.121 e. The van der Waals surface area contributed by atoms with Crippen molar-refractivity contribution in [2.24, 2.45) is 11.8 Å². The number of aliphatic hydroxyl groups is 1. The first-order chi connectivity index (χ1) is 12.7. The van der Waals surface area contributed by atoms with Crippen LogP contribution >= 0.6 is 0 Å². The number of nitrogens with one attached hydrogen (secondary N) is 1. The van der Waals surface area contributed by atoms with Gasteiger partial charge in [0, 0.05) is 51.2 Å². The number of hydrogen-bond acceptors (Lipinski definition) is 5. The predicted octanol–water partition coefficient (Wildman–Crippen LogP) is 1.76. The first-order valence-electron chi connectivity index (χ1n) is 9.57. The van der Waals surface area contributed by atoms with Gasteiger partial charge >= 0.3 is 0 Å². The van der Waals surface area contributed by atoms with Gasteiger partial charge in [-0.1, -0.05) is 12.1 Å². The number of pyridine rings is 1. The second-order valence-electron chi connectivity index (χ2n) is 8.13. The molecule has 1 aromatic carbocycles. The standard InChI is InChI=1S/C21H26N4O/c1-24-10-17-12-25(13-18(17)11-24)19-4-2-3-14(5-19)21(26)20-6-15-7-22-8-16(15)9-23-20/h2-6,9,17-18,21-22,26H,7-8,10-13H2,1H3/t17-,18+,21?. The molecule has 0 bridgehead atoms. The maximum atomic E-state index is 10.9. The Morgan fingerprint density at radius 1 is 1.08 bits per heavy atom. The Balaban J connectivity index is 1.37. The number of nitrogens with zero attached hydrogens (tertiary/aromatic N) is 3. The lowest BCUT2D eigenvalue weighted by Gasteiger charge is -2.22. The van der Waals surface area contributed by atoms with Gasteiger partial charge in [-0.3, -0.25) is 4.98 Å². The molecule has 1 unspecified atom stereocenters. The molecule has 26 heavy (non-hydrogen) atoms. The van der Waals surface area contributed by atoms with Crippen LogP contribution in [0.3, 0.4) is 0 Å². The smallest absolute Gasteiger partial charge is 0.121 e. The van der Waals surface area contributed by atoms with Crippen molar-refractivity contribution >= 4 is 5.69 Å². The minimum absolute atomic E-state index is 0.672. The van der Waals surface area contributed by atoms with Crippen LogP contribution in [0.15, 0.2) is 36.5 Å². The molecule has 5 rings (SSSR count). The average Bonchev–Trinajstić information content (AvgIpc) is 3.34. The number of aliphatic hydroxyl groups excluding tert-OH is 1. The van der Waals surface area contributed by atoms with Gasteiger partial charge < -0.3 is 20.2 Å². The van der Waals surface area contributed by atoms with Crippen molar-refractivity contribution in [3.8, 4) is 0 Å². The molecule has 3 atom stereocenters. The fourth-order valence-corrected chi connectivity index (χ4v) is 4.85. The largest absolute Gasteiger partial charge is 0.382 e. The van der Waals surface area contributed by atoms with Gasteiger partial charge in [0.25, 0.3) is 0 Å². The van der Waals surface area contributed by atoms with Crippen molar-refractivity contribution in [2.75, 3.05) is 38.1 Å².